The van der Waals surface area contributed by atoms with Crippen LogP contribution < -0.4 is 4.74 Å². The van der Waals surface area contributed by atoms with Crippen molar-refractivity contribution in [3.05, 3.63) is 130 Å². The van der Waals surface area contributed by atoms with E-state index in [2.05, 4.69) is 113 Å². The van der Waals surface area contributed by atoms with E-state index in [1.807, 2.05) is 18.3 Å². The van der Waals surface area contributed by atoms with Gasteiger partial charge >= 0.3 is 0 Å². The Morgan fingerprint density at radius 3 is 1.93 bits per heavy atom. The molecule has 0 aliphatic rings. The van der Waals surface area contributed by atoms with E-state index in [4.69, 9.17) is 4.74 Å². The lowest BCUT2D eigenvalue weighted by Crippen LogP contribution is -2.31. The van der Waals surface area contributed by atoms with Crippen molar-refractivity contribution < 1.29 is 4.74 Å². The predicted molar refractivity (Wildman–Crippen MR) is 126 cm³/mol. The standard InChI is InChI=1S/C27H24BrNO/c1-2-18-30-25-15-9-14-23(19-25)27(21-10-5-3-6-11-21,22-12-7-4-8-13-22)24-16-17-26(28)29-20-24/h3-17,19-20H,2,18H2,1H3. The highest BCUT2D eigenvalue weighted by Crippen LogP contribution is 2.45. The maximum Gasteiger partial charge on any atom is 0.119 e. The van der Waals surface area contributed by atoms with Crippen LogP contribution in [0, 0.1) is 0 Å². The highest BCUT2D eigenvalue weighted by molar-refractivity contribution is 9.10. The van der Waals surface area contributed by atoms with E-state index in [1.165, 1.54) is 11.1 Å². The zero-order valence-corrected chi connectivity index (χ0v) is 18.5. The van der Waals surface area contributed by atoms with Crippen molar-refractivity contribution in [1.82, 2.24) is 4.98 Å². The molecule has 0 bridgehead atoms. The lowest BCUT2D eigenvalue weighted by molar-refractivity contribution is 0.317. The van der Waals surface area contributed by atoms with Crippen molar-refractivity contribution in [3.63, 3.8) is 0 Å². The molecule has 0 N–H and O–H groups in total. The van der Waals surface area contributed by atoms with E-state index in [1.54, 1.807) is 0 Å². The normalized spacial score (nSPS) is 11.3. The Labute approximate surface area is 186 Å². The topological polar surface area (TPSA) is 22.1 Å². The van der Waals surface area contributed by atoms with Crippen LogP contribution in [0.25, 0.3) is 0 Å². The third-order valence-corrected chi connectivity index (χ3v) is 5.78. The zero-order valence-electron chi connectivity index (χ0n) is 17.0. The average molecular weight is 458 g/mol. The molecule has 0 fully saturated rings. The molecule has 2 nitrogen and oxygen atoms in total. The maximum absolute atomic E-state index is 5.99. The first-order chi connectivity index (χ1) is 14.7. The monoisotopic (exact) mass is 457 g/mol. The van der Waals surface area contributed by atoms with Gasteiger partial charge in [0.25, 0.3) is 0 Å². The van der Waals surface area contributed by atoms with Gasteiger partial charge in [-0.2, -0.15) is 0 Å². The number of rotatable bonds is 7. The number of nitrogens with zero attached hydrogens (tertiary/aromatic N) is 1. The number of pyridine rings is 1. The lowest BCUT2D eigenvalue weighted by Gasteiger charge is -2.36. The summed E-state index contributed by atoms with van der Waals surface area (Å²) in [5.74, 6) is 0.885. The Morgan fingerprint density at radius 2 is 1.37 bits per heavy atom. The second-order valence-corrected chi connectivity index (χ2v) is 8.04. The van der Waals surface area contributed by atoms with Gasteiger partial charge in [0.15, 0.2) is 0 Å². The zero-order chi connectivity index (χ0) is 20.8. The molecule has 0 unspecified atom stereocenters. The second kappa shape index (κ2) is 9.27. The minimum absolute atomic E-state index is 0.512. The highest BCUT2D eigenvalue weighted by Gasteiger charge is 2.38. The van der Waals surface area contributed by atoms with Crippen LogP contribution in [-0.2, 0) is 5.41 Å². The number of hydrogen-bond acceptors (Lipinski definition) is 2. The van der Waals surface area contributed by atoms with E-state index in [0.29, 0.717) is 6.61 Å². The van der Waals surface area contributed by atoms with Gasteiger partial charge in [-0.1, -0.05) is 85.8 Å². The molecule has 0 radical (unpaired) electrons. The minimum Gasteiger partial charge on any atom is -0.494 e. The van der Waals surface area contributed by atoms with Gasteiger partial charge in [0.1, 0.15) is 10.4 Å². The summed E-state index contributed by atoms with van der Waals surface area (Å²) < 4.78 is 6.82. The maximum atomic E-state index is 5.99. The summed E-state index contributed by atoms with van der Waals surface area (Å²) in [5.41, 5.74) is 4.12. The molecule has 0 aliphatic heterocycles. The predicted octanol–water partition coefficient (Wildman–Crippen LogP) is 7.02. The molecule has 4 aromatic rings. The van der Waals surface area contributed by atoms with Crippen molar-refractivity contribution in [2.45, 2.75) is 18.8 Å². The van der Waals surface area contributed by atoms with Gasteiger partial charge < -0.3 is 4.74 Å². The molecule has 3 aromatic carbocycles. The number of ether oxygens (including phenoxy) is 1. The number of benzene rings is 3. The van der Waals surface area contributed by atoms with Crippen molar-refractivity contribution in [2.24, 2.45) is 0 Å². The van der Waals surface area contributed by atoms with Crippen molar-refractivity contribution in [1.29, 1.82) is 0 Å². The quantitative estimate of drug-likeness (QED) is 0.219. The summed E-state index contributed by atoms with van der Waals surface area (Å²) in [6, 6.07) is 33.8. The van der Waals surface area contributed by atoms with Crippen LogP contribution in [0.1, 0.15) is 35.6 Å². The highest BCUT2D eigenvalue weighted by atomic mass is 79.9. The second-order valence-electron chi connectivity index (χ2n) is 7.23. The largest absolute Gasteiger partial charge is 0.494 e. The molecular formula is C27H24BrNO. The molecule has 0 saturated carbocycles. The number of aromatic nitrogens is 1. The van der Waals surface area contributed by atoms with E-state index < -0.39 is 5.41 Å². The molecule has 3 heteroatoms. The summed E-state index contributed by atoms with van der Waals surface area (Å²) in [4.78, 5) is 4.58. The van der Waals surface area contributed by atoms with Crippen LogP contribution in [0.2, 0.25) is 0 Å². The summed E-state index contributed by atoms with van der Waals surface area (Å²) in [5, 5.41) is 0. The van der Waals surface area contributed by atoms with Gasteiger partial charge in [-0.25, -0.2) is 4.98 Å². The Bertz CT molecular complexity index is 1040. The number of halogens is 1. The molecule has 0 spiro atoms. The summed E-state index contributed by atoms with van der Waals surface area (Å²) >= 11 is 3.49. The van der Waals surface area contributed by atoms with Crippen LogP contribution in [0.4, 0.5) is 0 Å². The van der Waals surface area contributed by atoms with Gasteiger partial charge in [-0.05, 0) is 62.8 Å². The Kier molecular flexibility index (Phi) is 6.29. The molecule has 0 saturated heterocycles. The van der Waals surface area contributed by atoms with E-state index in [9.17, 15) is 0 Å². The van der Waals surface area contributed by atoms with Gasteiger partial charge in [0, 0.05) is 6.20 Å². The van der Waals surface area contributed by atoms with E-state index in [0.717, 1.165) is 27.9 Å². The van der Waals surface area contributed by atoms with Gasteiger partial charge in [-0.3, -0.25) is 0 Å². The molecular weight excluding hydrogens is 434 g/mol. The third-order valence-electron chi connectivity index (χ3n) is 5.31. The van der Waals surface area contributed by atoms with Gasteiger partial charge in [-0.15, -0.1) is 0 Å². The molecule has 1 aromatic heterocycles. The Morgan fingerprint density at radius 1 is 0.733 bits per heavy atom. The van der Waals surface area contributed by atoms with Crippen molar-refractivity contribution in [2.75, 3.05) is 6.61 Å². The van der Waals surface area contributed by atoms with Crippen molar-refractivity contribution in [3.8, 4) is 5.75 Å². The van der Waals surface area contributed by atoms with Crippen LogP contribution in [0.5, 0.6) is 5.75 Å². The fourth-order valence-corrected chi connectivity index (χ4v) is 4.25. The summed E-state index contributed by atoms with van der Waals surface area (Å²) in [6.45, 7) is 2.82. The summed E-state index contributed by atoms with van der Waals surface area (Å²) in [7, 11) is 0. The minimum atomic E-state index is -0.512. The third kappa shape index (κ3) is 3.90. The SMILES string of the molecule is CCCOc1cccc(C(c2ccccc2)(c2ccccc2)c2ccc(Br)nc2)c1. The van der Waals surface area contributed by atoms with E-state index >= 15 is 0 Å². The first-order valence-corrected chi connectivity index (χ1v) is 11.0. The molecule has 4 rings (SSSR count). The Balaban J connectivity index is 2.04. The molecule has 0 aliphatic carbocycles. The molecule has 0 amide bonds. The molecule has 0 atom stereocenters. The molecule has 30 heavy (non-hydrogen) atoms. The molecule has 1 heterocycles. The fourth-order valence-electron chi connectivity index (χ4n) is 4.01. The Hall–Kier alpha value is -2.91. The first-order valence-electron chi connectivity index (χ1n) is 10.2. The lowest BCUT2D eigenvalue weighted by atomic mass is 9.65. The van der Waals surface area contributed by atoms with Gasteiger partial charge in [0.2, 0.25) is 0 Å². The number of hydrogen-bond donors (Lipinski definition) is 0. The fraction of sp³-hybridized carbons (Fsp3) is 0.148. The van der Waals surface area contributed by atoms with Crippen LogP contribution in [0.15, 0.2) is 108 Å². The summed E-state index contributed by atoms with van der Waals surface area (Å²) in [6.07, 6.45) is 2.94. The van der Waals surface area contributed by atoms with Crippen LogP contribution in [-0.4, -0.2) is 11.6 Å². The molecule has 150 valence electrons. The smallest absolute Gasteiger partial charge is 0.119 e. The first kappa shape index (κ1) is 20.4. The van der Waals surface area contributed by atoms with Crippen LogP contribution >= 0.6 is 15.9 Å². The average Bonchev–Trinajstić information content (AvgIpc) is 2.81. The van der Waals surface area contributed by atoms with Crippen molar-refractivity contribution >= 4 is 15.9 Å². The van der Waals surface area contributed by atoms with Gasteiger partial charge in [0.05, 0.1) is 12.0 Å². The van der Waals surface area contributed by atoms with E-state index in [-0.39, 0.29) is 0 Å². The van der Waals surface area contributed by atoms with Crippen LogP contribution in [0.3, 0.4) is 0 Å².